The first kappa shape index (κ1) is 17.4. The highest BCUT2D eigenvalue weighted by molar-refractivity contribution is 5.93. The van der Waals surface area contributed by atoms with Crippen LogP contribution in [0.15, 0.2) is 30.6 Å². The molecule has 0 aliphatic carbocycles. The van der Waals surface area contributed by atoms with Gasteiger partial charge in [-0.1, -0.05) is 0 Å². The van der Waals surface area contributed by atoms with Crippen LogP contribution in [0.1, 0.15) is 21.7 Å². The second kappa shape index (κ2) is 6.83. The number of hydrogen-bond acceptors (Lipinski definition) is 4. The molecule has 1 fully saturated rings. The molecule has 0 unspecified atom stereocenters. The SMILES string of the molecule is Cn1nc(C(F)(F)F)cc1C(=O)N[C@H]1COC[C@H]1Cc1ccncc1. The van der Waals surface area contributed by atoms with Crippen molar-refractivity contribution in [3.8, 4) is 0 Å². The van der Waals surface area contributed by atoms with Gasteiger partial charge in [0.15, 0.2) is 5.69 Å². The van der Waals surface area contributed by atoms with E-state index >= 15 is 0 Å². The maximum absolute atomic E-state index is 12.7. The Hall–Kier alpha value is -2.42. The number of aryl methyl sites for hydroxylation is 1. The highest BCUT2D eigenvalue weighted by atomic mass is 19.4. The quantitative estimate of drug-likeness (QED) is 0.909. The van der Waals surface area contributed by atoms with Gasteiger partial charge < -0.3 is 10.1 Å². The molecular formula is C16H17F3N4O2. The second-order valence-electron chi connectivity index (χ2n) is 5.97. The van der Waals surface area contributed by atoms with Gasteiger partial charge in [-0.15, -0.1) is 0 Å². The topological polar surface area (TPSA) is 69.0 Å². The summed E-state index contributed by atoms with van der Waals surface area (Å²) < 4.78 is 44.5. The fourth-order valence-electron chi connectivity index (χ4n) is 2.84. The fourth-order valence-corrected chi connectivity index (χ4v) is 2.84. The predicted octanol–water partition coefficient (Wildman–Crippen LogP) is 1.82. The zero-order chi connectivity index (χ0) is 18.0. The Bertz CT molecular complexity index is 746. The maximum Gasteiger partial charge on any atom is 0.435 e. The van der Waals surface area contributed by atoms with E-state index in [1.54, 1.807) is 12.4 Å². The molecule has 1 amide bonds. The van der Waals surface area contributed by atoms with E-state index in [1.165, 1.54) is 7.05 Å². The van der Waals surface area contributed by atoms with Crippen LogP contribution < -0.4 is 5.32 Å². The van der Waals surface area contributed by atoms with E-state index < -0.39 is 17.8 Å². The minimum atomic E-state index is -4.59. The Labute approximate surface area is 142 Å². The van der Waals surface area contributed by atoms with Crippen molar-refractivity contribution in [2.24, 2.45) is 13.0 Å². The number of rotatable bonds is 4. The molecule has 3 heterocycles. The van der Waals surface area contributed by atoms with Gasteiger partial charge in [0.2, 0.25) is 0 Å². The van der Waals surface area contributed by atoms with Gasteiger partial charge in [-0.05, 0) is 24.1 Å². The molecule has 2 atom stereocenters. The molecule has 2 aromatic rings. The van der Waals surface area contributed by atoms with Crippen molar-refractivity contribution in [2.45, 2.75) is 18.6 Å². The third-order valence-corrected chi connectivity index (χ3v) is 4.16. The molecule has 1 N–H and O–H groups in total. The summed E-state index contributed by atoms with van der Waals surface area (Å²) in [6.45, 7) is 0.803. The van der Waals surface area contributed by atoms with Gasteiger partial charge in [0.25, 0.3) is 5.91 Å². The number of carbonyl (C=O) groups excluding carboxylic acids is 1. The number of pyridine rings is 1. The molecule has 0 saturated carbocycles. The number of carbonyl (C=O) groups is 1. The summed E-state index contributed by atoms with van der Waals surface area (Å²) in [6.07, 6.45) is -0.524. The highest BCUT2D eigenvalue weighted by Crippen LogP contribution is 2.28. The first-order valence-corrected chi connectivity index (χ1v) is 7.73. The maximum atomic E-state index is 12.7. The van der Waals surface area contributed by atoms with E-state index in [0.717, 1.165) is 16.3 Å². The molecule has 9 heteroatoms. The molecular weight excluding hydrogens is 337 g/mol. The third-order valence-electron chi connectivity index (χ3n) is 4.16. The van der Waals surface area contributed by atoms with Gasteiger partial charge in [0.1, 0.15) is 5.69 Å². The van der Waals surface area contributed by atoms with Crippen molar-refractivity contribution in [2.75, 3.05) is 13.2 Å². The lowest BCUT2D eigenvalue weighted by atomic mass is 9.95. The summed E-state index contributed by atoms with van der Waals surface area (Å²) >= 11 is 0. The Kier molecular flexibility index (Phi) is 4.76. The largest absolute Gasteiger partial charge is 0.435 e. The number of amides is 1. The van der Waals surface area contributed by atoms with Crippen LogP contribution in [0, 0.1) is 5.92 Å². The summed E-state index contributed by atoms with van der Waals surface area (Å²) in [4.78, 5) is 16.3. The molecule has 0 bridgehead atoms. The zero-order valence-electron chi connectivity index (χ0n) is 13.5. The second-order valence-corrected chi connectivity index (χ2v) is 5.97. The van der Waals surface area contributed by atoms with Crippen LogP contribution in [0.2, 0.25) is 0 Å². The van der Waals surface area contributed by atoms with Gasteiger partial charge in [-0.3, -0.25) is 14.5 Å². The monoisotopic (exact) mass is 354 g/mol. The molecule has 134 valence electrons. The summed E-state index contributed by atoms with van der Waals surface area (Å²) in [5.74, 6) is -0.553. The average molecular weight is 354 g/mol. The van der Waals surface area contributed by atoms with E-state index in [2.05, 4.69) is 15.4 Å². The standard InChI is InChI=1S/C16H17F3N4O2/c1-23-13(7-14(22-23)16(17,18)19)15(24)21-12-9-25-8-11(12)6-10-2-4-20-5-3-10/h2-5,7,11-12H,6,8-9H2,1H3,(H,21,24)/t11-,12+/m1/s1. The highest BCUT2D eigenvalue weighted by Gasteiger charge is 2.36. The van der Waals surface area contributed by atoms with Crippen molar-refractivity contribution in [1.29, 1.82) is 0 Å². The lowest BCUT2D eigenvalue weighted by Crippen LogP contribution is -2.41. The van der Waals surface area contributed by atoms with Crippen molar-refractivity contribution in [1.82, 2.24) is 20.1 Å². The lowest BCUT2D eigenvalue weighted by molar-refractivity contribution is -0.141. The van der Waals surface area contributed by atoms with Gasteiger partial charge in [0, 0.05) is 31.4 Å². The summed E-state index contributed by atoms with van der Waals surface area (Å²) in [5.41, 5.74) is -0.164. The Morgan fingerprint density at radius 1 is 1.36 bits per heavy atom. The van der Waals surface area contributed by atoms with Crippen LogP contribution in [0.25, 0.3) is 0 Å². The first-order valence-electron chi connectivity index (χ1n) is 7.73. The normalized spacial score (nSPS) is 20.6. The van der Waals surface area contributed by atoms with Gasteiger partial charge in [-0.2, -0.15) is 18.3 Å². The molecule has 0 aromatic carbocycles. The number of aromatic nitrogens is 3. The van der Waals surface area contributed by atoms with Crippen molar-refractivity contribution in [3.63, 3.8) is 0 Å². The Morgan fingerprint density at radius 3 is 2.72 bits per heavy atom. The lowest BCUT2D eigenvalue weighted by Gasteiger charge is -2.19. The van der Waals surface area contributed by atoms with Crippen LogP contribution in [0.3, 0.4) is 0 Å². The summed E-state index contributed by atoms with van der Waals surface area (Å²) in [7, 11) is 1.31. The number of nitrogens with one attached hydrogen (secondary N) is 1. The zero-order valence-corrected chi connectivity index (χ0v) is 13.5. The molecule has 6 nitrogen and oxygen atoms in total. The Balaban J connectivity index is 1.69. The molecule has 2 aromatic heterocycles. The van der Waals surface area contributed by atoms with Crippen LogP contribution >= 0.6 is 0 Å². The third kappa shape index (κ3) is 3.98. The summed E-state index contributed by atoms with van der Waals surface area (Å²) in [6, 6.07) is 4.25. The van der Waals surface area contributed by atoms with Crippen LogP contribution in [-0.4, -0.2) is 39.9 Å². The summed E-state index contributed by atoms with van der Waals surface area (Å²) in [5, 5.41) is 6.12. The van der Waals surface area contributed by atoms with Crippen LogP contribution in [0.4, 0.5) is 13.2 Å². The molecule has 0 radical (unpaired) electrons. The Morgan fingerprint density at radius 2 is 2.08 bits per heavy atom. The van der Waals surface area contributed by atoms with Gasteiger partial charge >= 0.3 is 6.18 Å². The molecule has 0 spiro atoms. The van der Waals surface area contributed by atoms with E-state index in [-0.39, 0.29) is 17.7 Å². The number of ether oxygens (including phenoxy) is 1. The number of nitrogens with zero attached hydrogens (tertiary/aromatic N) is 3. The van der Waals surface area contributed by atoms with Gasteiger partial charge in [0.05, 0.1) is 19.3 Å². The number of alkyl halides is 3. The van der Waals surface area contributed by atoms with E-state index in [1.807, 2.05) is 12.1 Å². The number of hydrogen-bond donors (Lipinski definition) is 1. The van der Waals surface area contributed by atoms with Crippen molar-refractivity contribution >= 4 is 5.91 Å². The van der Waals surface area contributed by atoms with E-state index in [0.29, 0.717) is 19.6 Å². The minimum Gasteiger partial charge on any atom is -0.379 e. The van der Waals surface area contributed by atoms with Crippen molar-refractivity contribution < 1.29 is 22.7 Å². The molecule has 1 aliphatic rings. The van der Waals surface area contributed by atoms with Gasteiger partial charge in [-0.25, -0.2) is 0 Å². The molecule has 1 saturated heterocycles. The van der Waals surface area contributed by atoms with Crippen LogP contribution in [0.5, 0.6) is 0 Å². The number of halogens is 3. The smallest absolute Gasteiger partial charge is 0.379 e. The predicted molar refractivity (Wildman–Crippen MR) is 81.7 cm³/mol. The average Bonchev–Trinajstić information content (AvgIpc) is 3.15. The first-order chi connectivity index (χ1) is 11.8. The van der Waals surface area contributed by atoms with E-state index in [9.17, 15) is 18.0 Å². The van der Waals surface area contributed by atoms with E-state index in [4.69, 9.17) is 4.74 Å². The molecule has 1 aliphatic heterocycles. The fraction of sp³-hybridized carbons (Fsp3) is 0.438. The molecule has 25 heavy (non-hydrogen) atoms. The van der Waals surface area contributed by atoms with Crippen LogP contribution in [-0.2, 0) is 24.4 Å². The minimum absolute atomic E-state index is 0.0432. The molecule has 3 rings (SSSR count). The van der Waals surface area contributed by atoms with Crippen molar-refractivity contribution in [3.05, 3.63) is 47.5 Å².